The Hall–Kier alpha value is -1.27. The van der Waals surface area contributed by atoms with E-state index in [0.29, 0.717) is 18.5 Å². The molecule has 0 bridgehead atoms. The molecule has 6 heteroatoms. The van der Waals surface area contributed by atoms with Gasteiger partial charge in [-0.3, -0.25) is 0 Å². The highest BCUT2D eigenvalue weighted by Crippen LogP contribution is 2.30. The van der Waals surface area contributed by atoms with Gasteiger partial charge in [0.25, 0.3) is 0 Å². The average Bonchev–Trinajstić information content (AvgIpc) is 2.37. The van der Waals surface area contributed by atoms with E-state index in [1.807, 2.05) is 13.8 Å². The number of hydrogen-bond acceptors (Lipinski definition) is 5. The van der Waals surface area contributed by atoms with Crippen LogP contribution in [-0.2, 0) is 9.84 Å². The maximum Gasteiger partial charge on any atom is 0.177 e. The van der Waals surface area contributed by atoms with Crippen molar-refractivity contribution in [2.45, 2.75) is 37.1 Å². The van der Waals surface area contributed by atoms with Gasteiger partial charge in [-0.25, -0.2) is 8.42 Å². The van der Waals surface area contributed by atoms with Crippen LogP contribution in [0.4, 0.5) is 11.4 Å². The normalized spacial score (nSPS) is 12.4. The smallest absolute Gasteiger partial charge is 0.177 e. The van der Waals surface area contributed by atoms with Gasteiger partial charge in [-0.15, -0.1) is 0 Å². The fourth-order valence-corrected chi connectivity index (χ4v) is 2.79. The largest absolute Gasteiger partial charge is 0.396 e. The number of aliphatic hydroxyl groups is 1. The second-order valence-electron chi connectivity index (χ2n) is 4.76. The molecule has 0 aliphatic carbocycles. The van der Waals surface area contributed by atoms with Crippen molar-refractivity contribution in [3.8, 4) is 0 Å². The molecule has 5 nitrogen and oxygen atoms in total. The van der Waals surface area contributed by atoms with E-state index in [4.69, 9.17) is 5.73 Å². The Labute approximate surface area is 114 Å². The first-order valence-corrected chi connectivity index (χ1v) is 8.16. The van der Waals surface area contributed by atoms with Crippen LogP contribution in [0.1, 0.15) is 26.7 Å². The van der Waals surface area contributed by atoms with Gasteiger partial charge in [0, 0.05) is 6.26 Å². The third-order valence-corrected chi connectivity index (χ3v) is 4.68. The lowest BCUT2D eigenvalue weighted by molar-refractivity contribution is 0.202. The number of nitrogens with one attached hydrogen (secondary N) is 1. The maximum atomic E-state index is 11.6. The van der Waals surface area contributed by atoms with E-state index in [1.165, 1.54) is 6.07 Å². The van der Waals surface area contributed by atoms with Crippen molar-refractivity contribution in [1.29, 1.82) is 0 Å². The van der Waals surface area contributed by atoms with Gasteiger partial charge >= 0.3 is 0 Å². The number of para-hydroxylation sites is 1. The van der Waals surface area contributed by atoms with Crippen molar-refractivity contribution >= 4 is 21.2 Å². The Kier molecular flexibility index (Phi) is 4.81. The second-order valence-corrected chi connectivity index (χ2v) is 6.74. The summed E-state index contributed by atoms with van der Waals surface area (Å²) in [4.78, 5) is 0.108. The molecule has 0 radical (unpaired) electrons. The Bertz CT molecular complexity index is 529. The van der Waals surface area contributed by atoms with Crippen LogP contribution >= 0.6 is 0 Å². The quantitative estimate of drug-likeness (QED) is 0.691. The lowest BCUT2D eigenvalue weighted by atomic mass is 9.93. The minimum Gasteiger partial charge on any atom is -0.396 e. The predicted molar refractivity (Wildman–Crippen MR) is 78.0 cm³/mol. The minimum atomic E-state index is -3.36. The van der Waals surface area contributed by atoms with Gasteiger partial charge in [0.15, 0.2) is 9.84 Å². The summed E-state index contributed by atoms with van der Waals surface area (Å²) in [6.45, 7) is 3.88. The molecule has 0 heterocycles. The number of aliphatic hydroxyl groups excluding tert-OH is 1. The van der Waals surface area contributed by atoms with E-state index in [1.54, 1.807) is 12.1 Å². The van der Waals surface area contributed by atoms with E-state index in [0.717, 1.165) is 6.26 Å². The third kappa shape index (κ3) is 3.39. The fraction of sp³-hybridized carbons (Fsp3) is 0.538. The van der Waals surface area contributed by atoms with E-state index < -0.39 is 15.4 Å². The van der Waals surface area contributed by atoms with E-state index in [2.05, 4.69) is 5.32 Å². The van der Waals surface area contributed by atoms with Crippen LogP contribution < -0.4 is 11.1 Å². The van der Waals surface area contributed by atoms with Crippen LogP contribution in [0.3, 0.4) is 0 Å². The Morgan fingerprint density at radius 2 is 1.89 bits per heavy atom. The van der Waals surface area contributed by atoms with Crippen LogP contribution in [0.2, 0.25) is 0 Å². The topological polar surface area (TPSA) is 92.4 Å². The highest BCUT2D eigenvalue weighted by Gasteiger charge is 2.26. The van der Waals surface area contributed by atoms with E-state index >= 15 is 0 Å². The minimum absolute atomic E-state index is 0.0391. The monoisotopic (exact) mass is 286 g/mol. The molecule has 4 N–H and O–H groups in total. The molecule has 0 saturated carbocycles. The molecule has 1 aromatic rings. The molecule has 108 valence electrons. The van der Waals surface area contributed by atoms with Crippen LogP contribution in [0.5, 0.6) is 0 Å². The molecule has 0 amide bonds. The lowest BCUT2D eigenvalue weighted by Gasteiger charge is -2.32. The summed E-state index contributed by atoms with van der Waals surface area (Å²) in [6, 6.07) is 4.84. The average molecular weight is 286 g/mol. The van der Waals surface area contributed by atoms with Gasteiger partial charge in [-0.2, -0.15) is 0 Å². The van der Waals surface area contributed by atoms with Crippen LogP contribution in [0, 0.1) is 0 Å². The van der Waals surface area contributed by atoms with Crippen LogP contribution in [-0.4, -0.2) is 31.9 Å². The molecule has 0 unspecified atom stereocenters. The highest BCUT2D eigenvalue weighted by molar-refractivity contribution is 7.90. The molecule has 0 aromatic heterocycles. The van der Waals surface area contributed by atoms with Gasteiger partial charge < -0.3 is 16.2 Å². The summed E-state index contributed by atoms with van der Waals surface area (Å²) in [5.74, 6) is 0. The molecular weight excluding hydrogens is 264 g/mol. The molecule has 0 atom stereocenters. The summed E-state index contributed by atoms with van der Waals surface area (Å²) in [5, 5.41) is 12.7. The van der Waals surface area contributed by atoms with Crippen molar-refractivity contribution in [3.05, 3.63) is 18.2 Å². The van der Waals surface area contributed by atoms with Gasteiger partial charge in [-0.1, -0.05) is 19.9 Å². The first-order valence-electron chi connectivity index (χ1n) is 6.27. The molecule has 0 aliphatic rings. The van der Waals surface area contributed by atoms with Crippen molar-refractivity contribution in [3.63, 3.8) is 0 Å². The van der Waals surface area contributed by atoms with Crippen LogP contribution in [0.25, 0.3) is 0 Å². The zero-order chi connectivity index (χ0) is 14.7. The number of nitrogen functional groups attached to an aromatic ring is 1. The number of nitrogens with two attached hydrogens (primary N) is 1. The SMILES string of the molecule is CCC(CC)(CO)Nc1cccc(S(C)(=O)=O)c1N. The summed E-state index contributed by atoms with van der Waals surface area (Å²) in [7, 11) is -3.36. The highest BCUT2D eigenvalue weighted by atomic mass is 32.2. The van der Waals surface area contributed by atoms with Gasteiger partial charge in [0.2, 0.25) is 0 Å². The number of rotatable bonds is 6. The van der Waals surface area contributed by atoms with E-state index in [9.17, 15) is 13.5 Å². The maximum absolute atomic E-state index is 11.6. The lowest BCUT2D eigenvalue weighted by Crippen LogP contribution is -2.41. The summed E-state index contributed by atoms with van der Waals surface area (Å²) < 4.78 is 23.2. The molecule has 0 spiro atoms. The zero-order valence-electron chi connectivity index (χ0n) is 11.6. The number of anilines is 2. The van der Waals surface area contributed by atoms with Gasteiger partial charge in [0.1, 0.15) is 0 Å². The second kappa shape index (κ2) is 5.79. The van der Waals surface area contributed by atoms with Crippen molar-refractivity contribution < 1.29 is 13.5 Å². The molecule has 19 heavy (non-hydrogen) atoms. The number of benzene rings is 1. The molecule has 1 aromatic carbocycles. The van der Waals surface area contributed by atoms with Crippen molar-refractivity contribution in [1.82, 2.24) is 0 Å². The predicted octanol–water partition coefficient (Wildman–Crippen LogP) is 1.64. The number of sulfone groups is 1. The summed E-state index contributed by atoms with van der Waals surface area (Å²) in [6.07, 6.45) is 2.55. The first kappa shape index (κ1) is 15.8. The Morgan fingerprint density at radius 1 is 1.32 bits per heavy atom. The van der Waals surface area contributed by atoms with Gasteiger partial charge in [0.05, 0.1) is 28.4 Å². The molecule has 1 rings (SSSR count). The Balaban J connectivity index is 3.23. The molecule has 0 fully saturated rings. The fourth-order valence-electron chi connectivity index (χ4n) is 1.95. The standard InChI is InChI=1S/C13H22N2O3S/c1-4-13(5-2,9-16)15-10-7-6-8-11(12(10)14)19(3,17)18/h6-8,15-16H,4-5,9,14H2,1-3H3. The summed E-state index contributed by atoms with van der Waals surface area (Å²) >= 11 is 0. The molecular formula is C13H22N2O3S. The van der Waals surface area contributed by atoms with Gasteiger partial charge in [-0.05, 0) is 25.0 Å². The molecule has 0 aliphatic heterocycles. The first-order chi connectivity index (χ1) is 8.79. The molecule has 0 saturated heterocycles. The van der Waals surface area contributed by atoms with E-state index in [-0.39, 0.29) is 17.2 Å². The van der Waals surface area contributed by atoms with Crippen LogP contribution in [0.15, 0.2) is 23.1 Å². The third-order valence-electron chi connectivity index (χ3n) is 3.52. The summed E-state index contributed by atoms with van der Waals surface area (Å²) in [5.41, 5.74) is 6.18. The van der Waals surface area contributed by atoms with Crippen molar-refractivity contribution in [2.24, 2.45) is 0 Å². The number of hydrogen-bond donors (Lipinski definition) is 3. The zero-order valence-corrected chi connectivity index (χ0v) is 12.4. The Morgan fingerprint density at radius 3 is 2.32 bits per heavy atom. The van der Waals surface area contributed by atoms with Crippen molar-refractivity contribution in [2.75, 3.05) is 23.9 Å².